The number of nitrogens with one attached hydrogen (secondary N) is 1. The van der Waals surface area contributed by atoms with Crippen molar-refractivity contribution in [2.45, 2.75) is 13.0 Å². The van der Waals surface area contributed by atoms with Crippen LogP contribution in [0, 0.1) is 17.0 Å². The molecule has 0 spiro atoms. The lowest BCUT2D eigenvalue weighted by atomic mass is 10.1. The molecule has 0 bridgehead atoms. The highest BCUT2D eigenvalue weighted by Gasteiger charge is 2.12. The van der Waals surface area contributed by atoms with Crippen molar-refractivity contribution in [2.24, 2.45) is 5.73 Å². The molecule has 0 saturated heterocycles. The molecule has 1 amide bonds. The van der Waals surface area contributed by atoms with Crippen LogP contribution < -0.4 is 11.1 Å². The van der Waals surface area contributed by atoms with Crippen LogP contribution in [-0.2, 0) is 4.79 Å². The molecule has 0 aliphatic carbocycles. The highest BCUT2D eigenvalue weighted by Crippen LogP contribution is 2.20. The van der Waals surface area contributed by atoms with Gasteiger partial charge >= 0.3 is 0 Å². The average molecular weight is 239 g/mol. The minimum absolute atomic E-state index is 0.0106. The van der Waals surface area contributed by atoms with Crippen molar-refractivity contribution >= 4 is 17.3 Å². The number of non-ortho nitro benzene ring substituents is 1. The standard InChI is InChI=1S/C10H13N3O4/c1-6-4-7(13(16)17)2-3-8(6)12-5-9(14)10(11)15/h2-4,9,12,14H,5H2,1H3,(H2,11,15). The van der Waals surface area contributed by atoms with Crippen LogP contribution in [-0.4, -0.2) is 28.6 Å². The molecule has 1 rings (SSSR count). The van der Waals surface area contributed by atoms with Gasteiger partial charge in [0.25, 0.3) is 5.69 Å². The van der Waals surface area contributed by atoms with Gasteiger partial charge in [-0.15, -0.1) is 0 Å². The lowest BCUT2D eigenvalue weighted by Crippen LogP contribution is -2.34. The molecule has 0 aromatic heterocycles. The van der Waals surface area contributed by atoms with Crippen molar-refractivity contribution in [3.05, 3.63) is 33.9 Å². The summed E-state index contributed by atoms with van der Waals surface area (Å²) in [6.45, 7) is 1.65. The van der Waals surface area contributed by atoms with Gasteiger partial charge in [-0.05, 0) is 18.6 Å². The van der Waals surface area contributed by atoms with Crippen molar-refractivity contribution in [3.8, 4) is 0 Å². The highest BCUT2D eigenvalue weighted by molar-refractivity contribution is 5.79. The predicted molar refractivity (Wildman–Crippen MR) is 61.5 cm³/mol. The van der Waals surface area contributed by atoms with E-state index in [4.69, 9.17) is 5.73 Å². The second kappa shape index (κ2) is 5.26. The van der Waals surface area contributed by atoms with Gasteiger partial charge in [-0.3, -0.25) is 14.9 Å². The molecular weight excluding hydrogens is 226 g/mol. The third kappa shape index (κ3) is 3.42. The normalized spacial score (nSPS) is 11.9. The van der Waals surface area contributed by atoms with Crippen LogP contribution in [0.3, 0.4) is 0 Å². The van der Waals surface area contributed by atoms with Crippen molar-refractivity contribution in [1.82, 2.24) is 0 Å². The molecule has 17 heavy (non-hydrogen) atoms. The number of rotatable bonds is 5. The van der Waals surface area contributed by atoms with E-state index in [0.29, 0.717) is 11.3 Å². The lowest BCUT2D eigenvalue weighted by Gasteiger charge is -2.11. The molecule has 1 aromatic carbocycles. The summed E-state index contributed by atoms with van der Waals surface area (Å²) >= 11 is 0. The van der Waals surface area contributed by atoms with Crippen LogP contribution in [0.2, 0.25) is 0 Å². The van der Waals surface area contributed by atoms with Gasteiger partial charge < -0.3 is 16.2 Å². The first-order valence-corrected chi connectivity index (χ1v) is 4.88. The molecule has 7 nitrogen and oxygen atoms in total. The number of carbonyl (C=O) groups excluding carboxylic acids is 1. The molecule has 92 valence electrons. The van der Waals surface area contributed by atoms with E-state index in [0.717, 1.165) is 0 Å². The van der Waals surface area contributed by atoms with Gasteiger partial charge in [0, 0.05) is 24.4 Å². The van der Waals surface area contributed by atoms with E-state index in [-0.39, 0.29) is 12.2 Å². The summed E-state index contributed by atoms with van der Waals surface area (Å²) in [6, 6.07) is 4.26. The zero-order chi connectivity index (χ0) is 13.0. The average Bonchev–Trinajstić information content (AvgIpc) is 2.26. The summed E-state index contributed by atoms with van der Waals surface area (Å²) in [7, 11) is 0. The SMILES string of the molecule is Cc1cc([N+](=O)[O-])ccc1NCC(O)C(N)=O. The Labute approximate surface area is 97.4 Å². The Morgan fingerprint density at radius 3 is 2.76 bits per heavy atom. The number of hydrogen-bond acceptors (Lipinski definition) is 5. The Kier molecular flexibility index (Phi) is 4.00. The Balaban J connectivity index is 2.73. The van der Waals surface area contributed by atoms with Gasteiger partial charge in [0.05, 0.1) is 4.92 Å². The highest BCUT2D eigenvalue weighted by atomic mass is 16.6. The number of anilines is 1. The minimum Gasteiger partial charge on any atom is -0.382 e. The topological polar surface area (TPSA) is 118 Å². The van der Waals surface area contributed by atoms with Gasteiger partial charge in [0.15, 0.2) is 0 Å². The maximum absolute atomic E-state index is 10.6. The number of primary amides is 1. The third-order valence-corrected chi connectivity index (χ3v) is 2.24. The Bertz CT molecular complexity index is 447. The largest absolute Gasteiger partial charge is 0.382 e. The zero-order valence-electron chi connectivity index (χ0n) is 9.21. The molecule has 1 aromatic rings. The fourth-order valence-corrected chi connectivity index (χ4v) is 1.27. The number of aliphatic hydroxyl groups excluding tert-OH is 1. The summed E-state index contributed by atoms with van der Waals surface area (Å²) in [6.07, 6.45) is -1.29. The van der Waals surface area contributed by atoms with E-state index in [1.807, 2.05) is 0 Å². The van der Waals surface area contributed by atoms with Gasteiger partial charge in [-0.2, -0.15) is 0 Å². The molecule has 7 heteroatoms. The molecule has 0 heterocycles. The predicted octanol–water partition coefficient (Wildman–Crippen LogP) is 0.161. The number of aryl methyl sites for hydroxylation is 1. The monoisotopic (exact) mass is 239 g/mol. The smallest absolute Gasteiger partial charge is 0.269 e. The lowest BCUT2D eigenvalue weighted by molar-refractivity contribution is -0.384. The molecule has 0 aliphatic heterocycles. The molecule has 4 N–H and O–H groups in total. The molecule has 1 atom stereocenters. The van der Waals surface area contributed by atoms with Gasteiger partial charge in [-0.1, -0.05) is 0 Å². The fraction of sp³-hybridized carbons (Fsp3) is 0.300. The summed E-state index contributed by atoms with van der Waals surface area (Å²) < 4.78 is 0. The fourth-order valence-electron chi connectivity index (χ4n) is 1.27. The number of benzene rings is 1. The van der Waals surface area contributed by atoms with Crippen molar-refractivity contribution < 1.29 is 14.8 Å². The van der Waals surface area contributed by atoms with Crippen LogP contribution in [0.25, 0.3) is 0 Å². The van der Waals surface area contributed by atoms with Crippen molar-refractivity contribution in [3.63, 3.8) is 0 Å². The number of aliphatic hydroxyl groups is 1. The summed E-state index contributed by atoms with van der Waals surface area (Å²) in [5.74, 6) is -0.822. The summed E-state index contributed by atoms with van der Waals surface area (Å²) in [5.41, 5.74) is 6.13. The molecular formula is C10H13N3O4. The van der Waals surface area contributed by atoms with Crippen molar-refractivity contribution in [1.29, 1.82) is 0 Å². The number of nitro groups is 1. The molecule has 0 saturated carbocycles. The maximum Gasteiger partial charge on any atom is 0.269 e. The first-order valence-electron chi connectivity index (χ1n) is 4.88. The van der Waals surface area contributed by atoms with E-state index in [2.05, 4.69) is 5.32 Å². The molecule has 0 fully saturated rings. The molecule has 0 aliphatic rings. The molecule has 0 radical (unpaired) electrons. The van der Waals surface area contributed by atoms with Crippen LogP contribution in [0.5, 0.6) is 0 Å². The van der Waals surface area contributed by atoms with Gasteiger partial charge in [0.1, 0.15) is 6.10 Å². The number of carbonyl (C=O) groups is 1. The Morgan fingerprint density at radius 2 is 2.29 bits per heavy atom. The van der Waals surface area contributed by atoms with Crippen LogP contribution in [0.1, 0.15) is 5.56 Å². The van der Waals surface area contributed by atoms with Crippen LogP contribution in [0.4, 0.5) is 11.4 Å². The molecule has 1 unspecified atom stereocenters. The number of nitrogens with zero attached hydrogens (tertiary/aromatic N) is 1. The van der Waals surface area contributed by atoms with E-state index >= 15 is 0 Å². The zero-order valence-corrected chi connectivity index (χ0v) is 9.21. The van der Waals surface area contributed by atoms with Gasteiger partial charge in [-0.25, -0.2) is 0 Å². The van der Waals surface area contributed by atoms with E-state index in [1.165, 1.54) is 18.2 Å². The number of amides is 1. The van der Waals surface area contributed by atoms with E-state index < -0.39 is 16.9 Å². The van der Waals surface area contributed by atoms with E-state index in [9.17, 15) is 20.0 Å². The first kappa shape index (κ1) is 12.9. The number of hydrogen-bond donors (Lipinski definition) is 3. The summed E-state index contributed by atoms with van der Waals surface area (Å²) in [4.78, 5) is 20.6. The third-order valence-electron chi connectivity index (χ3n) is 2.24. The second-order valence-electron chi connectivity index (χ2n) is 3.56. The number of nitrogens with two attached hydrogens (primary N) is 1. The maximum atomic E-state index is 10.6. The quantitative estimate of drug-likeness (QED) is 0.499. The second-order valence-corrected chi connectivity index (χ2v) is 3.56. The first-order chi connectivity index (χ1) is 7.91. The van der Waals surface area contributed by atoms with Gasteiger partial charge in [0.2, 0.25) is 5.91 Å². The number of nitro benzene ring substituents is 1. The Morgan fingerprint density at radius 1 is 1.65 bits per heavy atom. The van der Waals surface area contributed by atoms with Crippen LogP contribution in [0.15, 0.2) is 18.2 Å². The van der Waals surface area contributed by atoms with Crippen molar-refractivity contribution in [2.75, 3.05) is 11.9 Å². The summed E-state index contributed by atoms with van der Waals surface area (Å²) in [5, 5.41) is 22.5. The van der Waals surface area contributed by atoms with E-state index in [1.54, 1.807) is 6.92 Å². The van der Waals surface area contributed by atoms with Crippen LogP contribution >= 0.6 is 0 Å². The Hall–Kier alpha value is -2.15. The minimum atomic E-state index is -1.29.